The number of nitrogens with zero attached hydrogens (tertiary/aromatic N) is 1. The third-order valence-electron chi connectivity index (χ3n) is 3.85. The Morgan fingerprint density at radius 1 is 1.53 bits per heavy atom. The van der Waals surface area contributed by atoms with E-state index in [4.69, 9.17) is 4.74 Å². The number of amides is 1. The number of carbonyl (C=O) groups excluding carboxylic acids is 1. The van der Waals surface area contributed by atoms with Crippen LogP contribution in [0.4, 0.5) is 0 Å². The summed E-state index contributed by atoms with van der Waals surface area (Å²) in [6.07, 6.45) is 2.20. The van der Waals surface area contributed by atoms with Crippen LogP contribution in [0.15, 0.2) is 16.8 Å². The van der Waals surface area contributed by atoms with E-state index in [1.807, 2.05) is 11.8 Å². The Bertz CT molecular complexity index is 429. The number of carbonyl (C=O) groups is 1. The highest BCUT2D eigenvalue weighted by Crippen LogP contribution is 2.27. The van der Waals surface area contributed by atoms with E-state index in [1.54, 1.807) is 11.3 Å². The highest BCUT2D eigenvalue weighted by atomic mass is 32.1. The van der Waals surface area contributed by atoms with Crippen molar-refractivity contribution in [3.63, 3.8) is 0 Å². The summed E-state index contributed by atoms with van der Waals surface area (Å²) in [5, 5.41) is 7.46. The molecule has 1 aromatic heterocycles. The number of thiophene rings is 1. The van der Waals surface area contributed by atoms with Crippen LogP contribution < -0.4 is 5.32 Å². The van der Waals surface area contributed by atoms with Gasteiger partial charge in [0.05, 0.1) is 18.7 Å². The maximum Gasteiger partial charge on any atom is 0.239 e. The van der Waals surface area contributed by atoms with E-state index in [1.165, 1.54) is 5.56 Å². The maximum atomic E-state index is 12.5. The van der Waals surface area contributed by atoms with Gasteiger partial charge in [-0.2, -0.15) is 11.3 Å². The normalized spacial score (nSPS) is 31.6. The fourth-order valence-electron chi connectivity index (χ4n) is 2.89. The molecule has 0 aliphatic carbocycles. The fourth-order valence-corrected chi connectivity index (χ4v) is 3.59. The molecule has 1 aromatic rings. The van der Waals surface area contributed by atoms with Gasteiger partial charge in [0.1, 0.15) is 6.10 Å². The highest BCUT2D eigenvalue weighted by Gasteiger charge is 2.33. The summed E-state index contributed by atoms with van der Waals surface area (Å²) in [6, 6.07) is 2.11. The largest absolute Gasteiger partial charge is 0.367 e. The lowest BCUT2D eigenvalue weighted by Crippen LogP contribution is -2.51. The molecule has 3 heterocycles. The van der Waals surface area contributed by atoms with Crippen LogP contribution in [0.25, 0.3) is 0 Å². The van der Waals surface area contributed by atoms with Crippen LogP contribution in [-0.4, -0.2) is 42.6 Å². The van der Waals surface area contributed by atoms with Crippen molar-refractivity contribution in [2.45, 2.75) is 38.0 Å². The molecule has 1 N–H and O–H groups in total. The molecule has 3 atom stereocenters. The zero-order valence-corrected chi connectivity index (χ0v) is 12.0. The Morgan fingerprint density at radius 2 is 2.42 bits per heavy atom. The number of nitrogens with one attached hydrogen (secondary N) is 1. The van der Waals surface area contributed by atoms with Crippen LogP contribution >= 0.6 is 11.3 Å². The van der Waals surface area contributed by atoms with Crippen LogP contribution in [0.5, 0.6) is 0 Å². The summed E-state index contributed by atoms with van der Waals surface area (Å²) in [5.41, 5.74) is 1.19. The summed E-state index contributed by atoms with van der Waals surface area (Å²) in [6.45, 7) is 4.39. The first kappa shape index (κ1) is 13.1. The van der Waals surface area contributed by atoms with Gasteiger partial charge in [0.25, 0.3) is 0 Å². The molecule has 2 saturated heterocycles. The third-order valence-corrected chi connectivity index (χ3v) is 4.55. The molecule has 2 aliphatic heterocycles. The number of morpholine rings is 1. The van der Waals surface area contributed by atoms with E-state index in [-0.39, 0.29) is 24.2 Å². The van der Waals surface area contributed by atoms with Crippen LogP contribution in [0.3, 0.4) is 0 Å². The molecule has 0 aromatic carbocycles. The summed E-state index contributed by atoms with van der Waals surface area (Å²) < 4.78 is 5.97. The van der Waals surface area contributed by atoms with Crippen molar-refractivity contribution in [1.29, 1.82) is 0 Å². The van der Waals surface area contributed by atoms with Gasteiger partial charge in [-0.1, -0.05) is 0 Å². The van der Waals surface area contributed by atoms with Crippen molar-refractivity contribution in [3.05, 3.63) is 22.4 Å². The predicted octanol–water partition coefficient (Wildman–Crippen LogP) is 1.79. The average molecular weight is 280 g/mol. The molecule has 2 fully saturated rings. The number of ether oxygens (including phenoxy) is 1. The zero-order valence-electron chi connectivity index (χ0n) is 11.2. The second kappa shape index (κ2) is 5.61. The highest BCUT2D eigenvalue weighted by molar-refractivity contribution is 7.07. The van der Waals surface area contributed by atoms with Crippen molar-refractivity contribution in [1.82, 2.24) is 10.2 Å². The minimum absolute atomic E-state index is 0.0217. The third kappa shape index (κ3) is 2.83. The number of hydrogen-bond acceptors (Lipinski definition) is 4. The van der Waals surface area contributed by atoms with Gasteiger partial charge in [-0.15, -0.1) is 0 Å². The Kier molecular flexibility index (Phi) is 3.86. The lowest BCUT2D eigenvalue weighted by atomic mass is 10.1. The topological polar surface area (TPSA) is 41.6 Å². The van der Waals surface area contributed by atoms with Crippen molar-refractivity contribution in [2.75, 3.05) is 19.6 Å². The Hall–Kier alpha value is -0.910. The summed E-state index contributed by atoms with van der Waals surface area (Å²) in [4.78, 5) is 14.4. The molecule has 4 nitrogen and oxygen atoms in total. The maximum absolute atomic E-state index is 12.5. The first-order valence-electron chi connectivity index (χ1n) is 6.94. The minimum Gasteiger partial charge on any atom is -0.367 e. The molecule has 0 saturated carbocycles. The Labute approximate surface area is 117 Å². The molecule has 2 aliphatic rings. The van der Waals surface area contributed by atoms with Gasteiger partial charge in [-0.3, -0.25) is 4.79 Å². The van der Waals surface area contributed by atoms with Crippen LogP contribution in [-0.2, 0) is 9.53 Å². The SMILES string of the molecule is C[C@H]1CN(C(=O)[C@@H]2CCCN2)C[C@H](c2ccsc2)O1. The number of hydrogen-bond donors (Lipinski definition) is 1. The van der Waals surface area contributed by atoms with Crippen LogP contribution in [0, 0.1) is 0 Å². The molecule has 19 heavy (non-hydrogen) atoms. The molecule has 0 bridgehead atoms. The van der Waals surface area contributed by atoms with Gasteiger partial charge in [-0.25, -0.2) is 0 Å². The zero-order chi connectivity index (χ0) is 13.2. The minimum atomic E-state index is 0.0217. The average Bonchev–Trinajstić information content (AvgIpc) is 3.10. The lowest BCUT2D eigenvalue weighted by molar-refractivity contribution is -0.146. The summed E-state index contributed by atoms with van der Waals surface area (Å²) in [5.74, 6) is 0.243. The molecule has 0 spiro atoms. The van der Waals surface area contributed by atoms with Crippen LogP contribution in [0.2, 0.25) is 0 Å². The molecule has 0 radical (unpaired) electrons. The summed E-state index contributed by atoms with van der Waals surface area (Å²) >= 11 is 1.67. The van der Waals surface area contributed by atoms with Crippen LogP contribution in [0.1, 0.15) is 31.4 Å². The first-order chi connectivity index (χ1) is 9.24. The van der Waals surface area contributed by atoms with Crippen molar-refractivity contribution in [3.8, 4) is 0 Å². The second-order valence-corrected chi connectivity index (χ2v) is 6.16. The molecule has 5 heteroatoms. The van der Waals surface area contributed by atoms with E-state index < -0.39 is 0 Å². The quantitative estimate of drug-likeness (QED) is 0.898. The second-order valence-electron chi connectivity index (χ2n) is 5.38. The standard InChI is InChI=1S/C14H20N2O2S/c1-10-7-16(14(17)12-3-2-5-15-12)8-13(18-10)11-4-6-19-9-11/h4,6,9-10,12-13,15H,2-3,5,7-8H2,1H3/t10-,12-,13+/m0/s1. The van der Waals surface area contributed by atoms with E-state index >= 15 is 0 Å². The molecule has 1 amide bonds. The van der Waals surface area contributed by atoms with Crippen molar-refractivity contribution < 1.29 is 9.53 Å². The van der Waals surface area contributed by atoms with Gasteiger partial charge in [0, 0.05) is 6.54 Å². The van der Waals surface area contributed by atoms with E-state index in [0.717, 1.165) is 19.4 Å². The van der Waals surface area contributed by atoms with Gasteiger partial charge >= 0.3 is 0 Å². The molecule has 0 unspecified atom stereocenters. The van der Waals surface area contributed by atoms with Crippen molar-refractivity contribution >= 4 is 17.2 Å². The predicted molar refractivity (Wildman–Crippen MR) is 75.2 cm³/mol. The van der Waals surface area contributed by atoms with Gasteiger partial charge in [0.15, 0.2) is 0 Å². The summed E-state index contributed by atoms with van der Waals surface area (Å²) in [7, 11) is 0. The first-order valence-corrected chi connectivity index (χ1v) is 7.88. The van der Waals surface area contributed by atoms with E-state index in [2.05, 4.69) is 22.1 Å². The van der Waals surface area contributed by atoms with E-state index in [9.17, 15) is 4.79 Å². The van der Waals surface area contributed by atoms with Gasteiger partial charge in [0.2, 0.25) is 5.91 Å². The molecular weight excluding hydrogens is 260 g/mol. The Balaban J connectivity index is 1.69. The molecular formula is C14H20N2O2S. The number of rotatable bonds is 2. The van der Waals surface area contributed by atoms with Gasteiger partial charge in [-0.05, 0) is 48.7 Å². The smallest absolute Gasteiger partial charge is 0.239 e. The monoisotopic (exact) mass is 280 g/mol. The lowest BCUT2D eigenvalue weighted by Gasteiger charge is -2.37. The molecule has 104 valence electrons. The van der Waals surface area contributed by atoms with E-state index in [0.29, 0.717) is 13.1 Å². The van der Waals surface area contributed by atoms with Crippen molar-refractivity contribution in [2.24, 2.45) is 0 Å². The Morgan fingerprint density at radius 3 is 3.11 bits per heavy atom. The molecule has 3 rings (SSSR count). The fraction of sp³-hybridized carbons (Fsp3) is 0.643. The van der Waals surface area contributed by atoms with Gasteiger partial charge < -0.3 is 15.0 Å².